The van der Waals surface area contributed by atoms with Gasteiger partial charge in [0.2, 0.25) is 0 Å². The van der Waals surface area contributed by atoms with Gasteiger partial charge in [0, 0.05) is 24.3 Å². The van der Waals surface area contributed by atoms with Gasteiger partial charge in [-0.15, -0.1) is 0 Å². The number of hydrogen-bond acceptors (Lipinski definition) is 6. The Balaban J connectivity index is 2.27. The van der Waals surface area contributed by atoms with Crippen molar-refractivity contribution in [1.29, 1.82) is 0 Å². The molecule has 1 unspecified atom stereocenters. The third-order valence-corrected chi connectivity index (χ3v) is 3.58. The summed E-state index contributed by atoms with van der Waals surface area (Å²) >= 11 is 0. The van der Waals surface area contributed by atoms with E-state index in [1.165, 1.54) is 17.4 Å². The van der Waals surface area contributed by atoms with Gasteiger partial charge in [0.15, 0.2) is 0 Å². The normalized spacial score (nSPS) is 13.2. The number of pyridine rings is 1. The molecule has 1 aromatic carbocycles. The van der Waals surface area contributed by atoms with Crippen LogP contribution in [-0.4, -0.2) is 15.8 Å². The molecule has 2 rings (SSSR count). The Morgan fingerprint density at radius 3 is 2.54 bits per heavy atom. The first kappa shape index (κ1) is 17.1. The molecule has 1 atom stereocenters. The van der Waals surface area contributed by atoms with Crippen molar-refractivity contribution in [2.24, 2.45) is 22.3 Å². The van der Waals surface area contributed by atoms with E-state index in [-0.39, 0.29) is 28.7 Å². The Hall–Kier alpha value is -3.26. The average molecular weight is 327 g/mol. The summed E-state index contributed by atoms with van der Waals surface area (Å²) in [5.74, 6) is 5.91. The number of nitrogens with two attached hydrogens (primary N) is 4. The molecule has 2 aromatic rings. The fraction of sp³-hybridized carbons (Fsp3) is 0.125. The second kappa shape index (κ2) is 7.34. The molecule has 0 aliphatic heterocycles. The van der Waals surface area contributed by atoms with Gasteiger partial charge in [-0.3, -0.25) is 4.79 Å². The minimum atomic E-state index is -0.381. The Morgan fingerprint density at radius 1 is 1.29 bits per heavy atom. The molecule has 0 aliphatic rings. The summed E-state index contributed by atoms with van der Waals surface area (Å²) in [6.45, 7) is 1.94. The number of aromatic amines is 1. The number of benzene rings is 1. The molecule has 1 heterocycles. The Bertz CT molecular complexity index is 808. The number of hydrazine groups is 1. The van der Waals surface area contributed by atoms with Crippen LogP contribution in [0.3, 0.4) is 0 Å². The number of H-pyrrole nitrogens is 1. The van der Waals surface area contributed by atoms with Crippen LogP contribution in [0.4, 0.5) is 11.4 Å². The molecule has 24 heavy (non-hydrogen) atoms. The van der Waals surface area contributed by atoms with Crippen molar-refractivity contribution < 1.29 is 0 Å². The number of aromatic nitrogens is 1. The number of anilines is 1. The number of rotatable bonds is 5. The number of aliphatic imine (C=N–C) groups is 1. The lowest BCUT2D eigenvalue weighted by Gasteiger charge is -2.22. The summed E-state index contributed by atoms with van der Waals surface area (Å²) in [7, 11) is 0. The van der Waals surface area contributed by atoms with Crippen molar-refractivity contribution in [2.75, 3.05) is 5.73 Å². The zero-order chi connectivity index (χ0) is 17.7. The zero-order valence-corrected chi connectivity index (χ0v) is 13.3. The molecule has 0 bridgehead atoms. The maximum Gasteiger partial charge on any atom is 0.261 e. The molecular formula is C16H21N7O. The standard InChI is InChI=1S/C16H21N7O/c1-10(23(20)9-7-17)11-2-4-12(5-3-11)22-15(19)14-13(18)6-8-21-16(14)24/h2-10H,17,20H2,1H3,(H2,19,22)(H3,18,21,24)/b9-7-. The molecule has 8 nitrogen and oxygen atoms in total. The number of nitrogens with zero attached hydrogens (tertiary/aromatic N) is 2. The first-order chi connectivity index (χ1) is 11.4. The fourth-order valence-electron chi connectivity index (χ4n) is 2.18. The quantitative estimate of drug-likeness (QED) is 0.235. The molecule has 0 spiro atoms. The first-order valence-electron chi connectivity index (χ1n) is 7.27. The van der Waals surface area contributed by atoms with E-state index in [9.17, 15) is 4.79 Å². The molecule has 0 radical (unpaired) electrons. The fourth-order valence-corrected chi connectivity index (χ4v) is 2.18. The maximum atomic E-state index is 11.8. The van der Waals surface area contributed by atoms with E-state index in [1.54, 1.807) is 24.4 Å². The van der Waals surface area contributed by atoms with Crippen LogP contribution in [0.15, 0.2) is 58.7 Å². The number of hydrogen-bond donors (Lipinski definition) is 5. The molecule has 9 N–H and O–H groups in total. The van der Waals surface area contributed by atoms with Crippen LogP contribution >= 0.6 is 0 Å². The summed E-state index contributed by atoms with van der Waals surface area (Å²) in [6, 6.07) is 8.81. The SMILES string of the molecule is CC(c1ccc(N=C(N)c2c(N)cc[nH]c2=O)cc1)N(N)/C=C\N. The molecule has 0 amide bonds. The molecule has 126 valence electrons. The minimum absolute atomic E-state index is 0.0571. The summed E-state index contributed by atoms with van der Waals surface area (Å²) in [5, 5.41) is 1.50. The van der Waals surface area contributed by atoms with Gasteiger partial charge in [-0.05, 0) is 30.7 Å². The predicted molar refractivity (Wildman–Crippen MR) is 96.1 cm³/mol. The molecule has 0 saturated carbocycles. The van der Waals surface area contributed by atoms with E-state index in [0.717, 1.165) is 5.56 Å². The molecule has 8 heteroatoms. The van der Waals surface area contributed by atoms with Gasteiger partial charge in [0.05, 0.1) is 11.7 Å². The lowest BCUT2D eigenvalue weighted by molar-refractivity contribution is 0.308. The smallest absolute Gasteiger partial charge is 0.261 e. The molecule has 0 aliphatic carbocycles. The van der Waals surface area contributed by atoms with Crippen molar-refractivity contribution in [2.45, 2.75) is 13.0 Å². The number of nitrogen functional groups attached to an aromatic ring is 1. The average Bonchev–Trinajstić information content (AvgIpc) is 2.55. The molecule has 0 fully saturated rings. The minimum Gasteiger partial charge on any atom is -0.403 e. The van der Waals surface area contributed by atoms with E-state index < -0.39 is 0 Å². The van der Waals surface area contributed by atoms with E-state index in [2.05, 4.69) is 9.98 Å². The topological polar surface area (TPSA) is 153 Å². The molecular weight excluding hydrogens is 306 g/mol. The molecule has 1 aromatic heterocycles. The second-order valence-corrected chi connectivity index (χ2v) is 5.19. The van der Waals surface area contributed by atoms with E-state index in [0.29, 0.717) is 5.69 Å². The van der Waals surface area contributed by atoms with E-state index >= 15 is 0 Å². The van der Waals surface area contributed by atoms with Gasteiger partial charge in [-0.25, -0.2) is 10.8 Å². The Morgan fingerprint density at radius 2 is 1.96 bits per heavy atom. The van der Waals surface area contributed by atoms with Crippen molar-refractivity contribution in [3.05, 3.63) is 70.4 Å². The van der Waals surface area contributed by atoms with Gasteiger partial charge >= 0.3 is 0 Å². The highest BCUT2D eigenvalue weighted by molar-refractivity contribution is 6.02. The van der Waals surface area contributed by atoms with Gasteiger partial charge in [-0.2, -0.15) is 0 Å². The van der Waals surface area contributed by atoms with Crippen LogP contribution in [0.1, 0.15) is 24.1 Å². The van der Waals surface area contributed by atoms with Gasteiger partial charge in [0.25, 0.3) is 5.56 Å². The largest absolute Gasteiger partial charge is 0.403 e. The lowest BCUT2D eigenvalue weighted by atomic mass is 10.1. The van der Waals surface area contributed by atoms with Crippen LogP contribution < -0.4 is 28.6 Å². The van der Waals surface area contributed by atoms with Crippen LogP contribution in [0.25, 0.3) is 0 Å². The van der Waals surface area contributed by atoms with E-state index in [4.69, 9.17) is 23.0 Å². The zero-order valence-electron chi connectivity index (χ0n) is 13.3. The van der Waals surface area contributed by atoms with E-state index in [1.807, 2.05) is 19.1 Å². The lowest BCUT2D eigenvalue weighted by Crippen LogP contribution is -2.28. The highest BCUT2D eigenvalue weighted by Crippen LogP contribution is 2.21. The second-order valence-electron chi connectivity index (χ2n) is 5.19. The van der Waals surface area contributed by atoms with Crippen molar-refractivity contribution in [1.82, 2.24) is 9.99 Å². The van der Waals surface area contributed by atoms with Crippen LogP contribution in [0, 0.1) is 0 Å². The highest BCUT2D eigenvalue weighted by atomic mass is 16.1. The van der Waals surface area contributed by atoms with Gasteiger partial charge in [0.1, 0.15) is 11.4 Å². The monoisotopic (exact) mass is 327 g/mol. The summed E-state index contributed by atoms with van der Waals surface area (Å²) < 4.78 is 0. The number of amidine groups is 1. The van der Waals surface area contributed by atoms with Crippen molar-refractivity contribution in [3.8, 4) is 0 Å². The summed E-state index contributed by atoms with van der Waals surface area (Å²) in [5.41, 5.74) is 18.7. The van der Waals surface area contributed by atoms with Crippen LogP contribution in [-0.2, 0) is 0 Å². The van der Waals surface area contributed by atoms with Crippen molar-refractivity contribution >= 4 is 17.2 Å². The molecule has 0 saturated heterocycles. The third-order valence-electron chi connectivity index (χ3n) is 3.58. The van der Waals surface area contributed by atoms with Gasteiger partial charge in [-0.1, -0.05) is 12.1 Å². The van der Waals surface area contributed by atoms with Crippen LogP contribution in [0.2, 0.25) is 0 Å². The Labute approximate surface area is 139 Å². The first-order valence-corrected chi connectivity index (χ1v) is 7.27. The predicted octanol–water partition coefficient (Wildman–Crippen LogP) is 0.661. The third kappa shape index (κ3) is 3.73. The number of nitrogens with one attached hydrogen (secondary N) is 1. The van der Waals surface area contributed by atoms with Crippen molar-refractivity contribution in [3.63, 3.8) is 0 Å². The van der Waals surface area contributed by atoms with Crippen LogP contribution in [0.5, 0.6) is 0 Å². The Kier molecular flexibility index (Phi) is 5.23. The summed E-state index contributed by atoms with van der Waals surface area (Å²) in [4.78, 5) is 18.6. The highest BCUT2D eigenvalue weighted by Gasteiger charge is 2.11. The van der Waals surface area contributed by atoms with Gasteiger partial charge < -0.3 is 27.2 Å². The maximum absolute atomic E-state index is 11.8. The summed E-state index contributed by atoms with van der Waals surface area (Å²) in [6.07, 6.45) is 4.41.